The average Bonchev–Trinajstić information content (AvgIpc) is 3.27. The second-order valence-electron chi connectivity index (χ2n) is 11.1. The second-order valence-corrected chi connectivity index (χ2v) is 11.5. The van der Waals surface area contributed by atoms with Crippen LogP contribution in [0.1, 0.15) is 39.8 Å². The first-order valence-electron chi connectivity index (χ1n) is 13.9. The van der Waals surface area contributed by atoms with Crippen LogP contribution in [0.3, 0.4) is 0 Å². The van der Waals surface area contributed by atoms with Gasteiger partial charge >= 0.3 is 5.97 Å². The smallest absolute Gasteiger partial charge is 0.337 e. The number of hydrogen-bond acceptors (Lipinski definition) is 7. The molecule has 4 atom stereocenters. The minimum absolute atomic E-state index is 0.0960. The molecule has 1 saturated carbocycles. The molecule has 8 nitrogen and oxygen atoms in total. The number of likely N-dealkylation sites (tertiary alicyclic amines) is 1. The summed E-state index contributed by atoms with van der Waals surface area (Å²) in [6.45, 7) is 4.27. The number of ether oxygens (including phenoxy) is 3. The second kappa shape index (κ2) is 10.7. The van der Waals surface area contributed by atoms with Gasteiger partial charge in [0.1, 0.15) is 18.2 Å². The molecule has 0 spiro atoms. The van der Waals surface area contributed by atoms with Gasteiger partial charge in [0, 0.05) is 48.0 Å². The molecular formula is C31H30ClFN4O4. The Kier molecular flexibility index (Phi) is 6.89. The van der Waals surface area contributed by atoms with Gasteiger partial charge in [-0.05, 0) is 54.7 Å². The van der Waals surface area contributed by atoms with Crippen LogP contribution in [0.15, 0.2) is 54.6 Å². The molecule has 3 fully saturated rings. The first kappa shape index (κ1) is 26.4. The van der Waals surface area contributed by atoms with Gasteiger partial charge in [-0.2, -0.15) is 0 Å². The number of piperidine rings is 1. The lowest BCUT2D eigenvalue weighted by Crippen LogP contribution is -2.33. The molecule has 0 N–H and O–H groups in total. The zero-order valence-electron chi connectivity index (χ0n) is 22.6. The number of fused-ring (bicyclic) bond motifs is 2. The highest BCUT2D eigenvalue weighted by Gasteiger charge is 2.57. The number of imidazole rings is 1. The number of aromatic nitrogens is 3. The maximum Gasteiger partial charge on any atom is 0.337 e. The molecule has 1 aliphatic carbocycles. The van der Waals surface area contributed by atoms with Crippen molar-refractivity contribution in [1.82, 2.24) is 19.4 Å². The summed E-state index contributed by atoms with van der Waals surface area (Å²) in [5, 5.41) is 0.359. The van der Waals surface area contributed by atoms with E-state index >= 15 is 0 Å². The third-order valence-corrected chi connectivity index (χ3v) is 8.78. The lowest BCUT2D eigenvalue weighted by atomic mass is 10.1. The van der Waals surface area contributed by atoms with Gasteiger partial charge in [0.25, 0.3) is 0 Å². The Labute approximate surface area is 242 Å². The van der Waals surface area contributed by atoms with E-state index in [0.29, 0.717) is 39.8 Å². The summed E-state index contributed by atoms with van der Waals surface area (Å²) in [4.78, 5) is 24.3. The Balaban J connectivity index is 1.02. The highest BCUT2D eigenvalue weighted by Crippen LogP contribution is 2.58. The normalized spacial score (nSPS) is 23.3. The van der Waals surface area contributed by atoms with E-state index in [2.05, 4.69) is 15.5 Å². The molecule has 0 amide bonds. The van der Waals surface area contributed by atoms with E-state index in [1.165, 1.54) is 13.2 Å². The van der Waals surface area contributed by atoms with Crippen molar-refractivity contribution in [3.8, 4) is 5.88 Å². The fraction of sp³-hybridized carbons (Fsp3) is 0.387. The van der Waals surface area contributed by atoms with Crippen LogP contribution in [0.4, 0.5) is 4.39 Å². The monoisotopic (exact) mass is 576 g/mol. The highest BCUT2D eigenvalue weighted by atomic mass is 35.5. The Morgan fingerprint density at radius 1 is 1.12 bits per heavy atom. The third-order valence-electron chi connectivity index (χ3n) is 8.54. The predicted octanol–water partition coefficient (Wildman–Crippen LogP) is 5.22. The molecule has 212 valence electrons. The third kappa shape index (κ3) is 5.18. The summed E-state index contributed by atoms with van der Waals surface area (Å²) >= 11 is 5.85. The van der Waals surface area contributed by atoms with E-state index in [-0.39, 0.29) is 24.5 Å². The molecule has 41 heavy (non-hydrogen) atoms. The number of hydrogen-bond donors (Lipinski definition) is 0. The number of carbonyl (C=O) groups excluding carboxylic acids is 1. The van der Waals surface area contributed by atoms with Crippen molar-refractivity contribution in [2.24, 2.45) is 11.8 Å². The Bertz CT molecular complexity index is 1610. The van der Waals surface area contributed by atoms with Crippen LogP contribution in [0.2, 0.25) is 5.02 Å². The molecule has 0 unspecified atom stereocenters. The molecule has 2 aromatic heterocycles. The summed E-state index contributed by atoms with van der Waals surface area (Å²) in [6.07, 6.45) is 1.19. The quantitative estimate of drug-likeness (QED) is 0.253. The summed E-state index contributed by atoms with van der Waals surface area (Å²) in [5.41, 5.74) is 3.79. The molecular weight excluding hydrogens is 547 g/mol. The van der Waals surface area contributed by atoms with E-state index in [4.69, 9.17) is 35.8 Å². The number of rotatable bonds is 9. The Morgan fingerprint density at radius 3 is 2.68 bits per heavy atom. The van der Waals surface area contributed by atoms with Crippen LogP contribution in [-0.4, -0.2) is 58.3 Å². The first-order valence-corrected chi connectivity index (χ1v) is 14.3. The average molecular weight is 577 g/mol. The summed E-state index contributed by atoms with van der Waals surface area (Å²) in [5.74, 6) is 2.20. The van der Waals surface area contributed by atoms with Crippen molar-refractivity contribution in [2.75, 3.05) is 26.8 Å². The van der Waals surface area contributed by atoms with Crippen LogP contribution in [0.25, 0.3) is 11.0 Å². The van der Waals surface area contributed by atoms with Gasteiger partial charge in [0.2, 0.25) is 5.88 Å². The molecule has 3 aliphatic rings. The van der Waals surface area contributed by atoms with E-state index in [0.717, 1.165) is 61.8 Å². The largest absolute Gasteiger partial charge is 0.473 e. The van der Waals surface area contributed by atoms with Crippen LogP contribution >= 0.6 is 11.6 Å². The Hall–Kier alpha value is -3.53. The molecule has 4 aromatic rings. The van der Waals surface area contributed by atoms with Crippen LogP contribution in [0.5, 0.6) is 5.88 Å². The summed E-state index contributed by atoms with van der Waals surface area (Å²) in [6, 6.07) is 15.9. The maximum absolute atomic E-state index is 14.1. The first-order chi connectivity index (χ1) is 20.0. The van der Waals surface area contributed by atoms with Crippen molar-refractivity contribution >= 4 is 28.6 Å². The number of methoxy groups -OCH3 is 1. The lowest BCUT2D eigenvalue weighted by molar-refractivity contribution is -0.0591. The van der Waals surface area contributed by atoms with Crippen LogP contribution in [0, 0.1) is 17.7 Å². The molecule has 10 heteroatoms. The minimum Gasteiger partial charge on any atom is -0.473 e. The predicted molar refractivity (Wildman–Crippen MR) is 150 cm³/mol. The summed E-state index contributed by atoms with van der Waals surface area (Å²) < 4.78 is 32.8. The van der Waals surface area contributed by atoms with Gasteiger partial charge in [0.15, 0.2) is 0 Å². The molecule has 0 radical (unpaired) electrons. The zero-order valence-corrected chi connectivity index (χ0v) is 23.4. The van der Waals surface area contributed by atoms with Crippen LogP contribution < -0.4 is 4.74 Å². The number of nitrogens with zero attached hydrogens (tertiary/aromatic N) is 4. The fourth-order valence-electron chi connectivity index (χ4n) is 6.24. The minimum atomic E-state index is -0.386. The van der Waals surface area contributed by atoms with Crippen molar-refractivity contribution < 1.29 is 23.4 Å². The summed E-state index contributed by atoms with van der Waals surface area (Å²) in [7, 11) is 1.39. The lowest BCUT2D eigenvalue weighted by Gasteiger charge is -2.28. The van der Waals surface area contributed by atoms with Crippen molar-refractivity contribution in [3.63, 3.8) is 0 Å². The molecule has 2 aromatic carbocycles. The number of carbonyl (C=O) groups is 1. The fourth-order valence-corrected chi connectivity index (χ4v) is 6.40. The molecule has 0 bridgehead atoms. The van der Waals surface area contributed by atoms with Gasteiger partial charge in [-0.3, -0.25) is 4.90 Å². The zero-order chi connectivity index (χ0) is 28.1. The number of esters is 1. The van der Waals surface area contributed by atoms with Gasteiger partial charge < -0.3 is 18.8 Å². The van der Waals surface area contributed by atoms with Crippen molar-refractivity contribution in [2.45, 2.75) is 38.1 Å². The van der Waals surface area contributed by atoms with Crippen LogP contribution in [-0.2, 0) is 29.2 Å². The van der Waals surface area contributed by atoms with Gasteiger partial charge in [-0.15, -0.1) is 0 Å². The van der Waals surface area contributed by atoms with Crippen molar-refractivity contribution in [3.05, 3.63) is 88.1 Å². The van der Waals surface area contributed by atoms with Gasteiger partial charge in [-0.25, -0.2) is 19.2 Å². The topological polar surface area (TPSA) is 78.7 Å². The standard InChI is InChI=1S/C31H30ClFN4O4/c1-39-31(38)18-6-8-25-27(11-18)37(13-21-9-10-40-21)28(34-25)16-36-14-22-23(15-36)30(22)26-3-2-4-29(35-26)41-17-19-5-7-20(32)12-24(19)33/h2-8,11-12,21-23,30H,9-10,13-17H2,1H3/t21-,22-,23+,30+/m0/s1. The molecule has 2 saturated heterocycles. The van der Waals surface area contributed by atoms with E-state index in [1.54, 1.807) is 18.2 Å². The van der Waals surface area contributed by atoms with E-state index in [1.807, 2.05) is 24.3 Å². The highest BCUT2D eigenvalue weighted by molar-refractivity contribution is 6.30. The number of pyridine rings is 1. The molecule has 4 heterocycles. The molecule has 7 rings (SSSR count). The van der Waals surface area contributed by atoms with Gasteiger partial charge in [-0.1, -0.05) is 23.7 Å². The van der Waals surface area contributed by atoms with E-state index in [9.17, 15) is 9.18 Å². The SMILES string of the molecule is COC(=O)c1ccc2nc(CN3C[C@@H]4[C@H](C3)[C@H]4c3cccc(OCc4ccc(Cl)cc4F)n3)n(C[C@@H]3CCO3)c2c1. The number of halogens is 2. The molecule has 2 aliphatic heterocycles. The van der Waals surface area contributed by atoms with Gasteiger partial charge in [0.05, 0.1) is 42.9 Å². The maximum atomic E-state index is 14.1. The van der Waals surface area contributed by atoms with E-state index < -0.39 is 0 Å². The Morgan fingerprint density at radius 2 is 1.95 bits per heavy atom. The number of benzene rings is 2. The van der Waals surface area contributed by atoms with Crippen molar-refractivity contribution in [1.29, 1.82) is 0 Å².